The highest BCUT2D eigenvalue weighted by Gasteiger charge is 2.25. The highest BCUT2D eigenvalue weighted by atomic mass is 16.5. The van der Waals surface area contributed by atoms with Crippen LogP contribution in [0, 0.1) is 0 Å². The van der Waals surface area contributed by atoms with Gasteiger partial charge in [0.2, 0.25) is 0 Å². The van der Waals surface area contributed by atoms with Crippen molar-refractivity contribution >= 4 is 22.5 Å². The quantitative estimate of drug-likeness (QED) is 0.770. The van der Waals surface area contributed by atoms with Crippen molar-refractivity contribution in [1.82, 2.24) is 19.9 Å². The third kappa shape index (κ3) is 3.23. The Morgan fingerprint density at radius 3 is 2.63 bits per heavy atom. The molecule has 0 aliphatic carbocycles. The molecule has 2 fully saturated rings. The number of piperidine rings is 1. The van der Waals surface area contributed by atoms with Crippen LogP contribution in [-0.2, 0) is 4.74 Å². The molecule has 140 valence electrons. The minimum Gasteiger partial charge on any atom is -0.378 e. The molecule has 0 bridgehead atoms. The number of hydrogen-bond acceptors (Lipinski definition) is 6. The fraction of sp³-hybridized carbons (Fsp3) is 0.450. The van der Waals surface area contributed by atoms with E-state index in [9.17, 15) is 0 Å². The molecule has 0 spiro atoms. The van der Waals surface area contributed by atoms with Crippen molar-refractivity contribution in [2.45, 2.75) is 18.8 Å². The van der Waals surface area contributed by atoms with E-state index in [4.69, 9.17) is 9.72 Å². The summed E-state index contributed by atoms with van der Waals surface area (Å²) in [6, 6.07) is 6.24. The van der Waals surface area contributed by atoms with E-state index in [1.165, 1.54) is 0 Å². The summed E-state index contributed by atoms with van der Waals surface area (Å²) in [5.74, 6) is 3.67. The number of aromatic amines is 1. The Morgan fingerprint density at radius 1 is 1.00 bits per heavy atom. The van der Waals surface area contributed by atoms with Crippen LogP contribution in [0.2, 0.25) is 0 Å². The number of hydrogen-bond donors (Lipinski definition) is 1. The van der Waals surface area contributed by atoms with E-state index in [2.05, 4.69) is 36.9 Å². The van der Waals surface area contributed by atoms with Gasteiger partial charge in [-0.15, -0.1) is 0 Å². The summed E-state index contributed by atoms with van der Waals surface area (Å²) < 4.78 is 5.50. The monoisotopic (exact) mass is 364 g/mol. The Hall–Kier alpha value is -2.67. The average molecular weight is 364 g/mol. The zero-order valence-corrected chi connectivity index (χ0v) is 15.3. The van der Waals surface area contributed by atoms with Crippen LogP contribution in [0.15, 0.2) is 36.8 Å². The lowest BCUT2D eigenvalue weighted by atomic mass is 9.96. The van der Waals surface area contributed by atoms with Crippen molar-refractivity contribution in [2.75, 3.05) is 49.2 Å². The normalized spacial score (nSPS) is 19.0. The number of fused-ring (bicyclic) bond motifs is 1. The number of aromatic nitrogens is 4. The van der Waals surface area contributed by atoms with E-state index in [-0.39, 0.29) is 0 Å². The second-order valence-corrected chi connectivity index (χ2v) is 7.21. The smallest absolute Gasteiger partial charge is 0.140 e. The van der Waals surface area contributed by atoms with Crippen molar-refractivity contribution in [3.8, 4) is 0 Å². The number of anilines is 2. The van der Waals surface area contributed by atoms with Crippen LogP contribution in [0.1, 0.15) is 24.6 Å². The fourth-order valence-electron chi connectivity index (χ4n) is 4.11. The number of nitrogens with one attached hydrogen (secondary N) is 1. The Kier molecular flexibility index (Phi) is 4.37. The van der Waals surface area contributed by atoms with Crippen LogP contribution in [-0.4, -0.2) is 59.3 Å². The molecule has 5 heterocycles. The summed E-state index contributed by atoms with van der Waals surface area (Å²) in [5, 5.41) is 1.13. The Balaban J connectivity index is 1.45. The van der Waals surface area contributed by atoms with E-state index in [0.29, 0.717) is 5.92 Å². The van der Waals surface area contributed by atoms with Crippen LogP contribution in [0.5, 0.6) is 0 Å². The largest absolute Gasteiger partial charge is 0.378 e. The summed E-state index contributed by atoms with van der Waals surface area (Å²) in [6.07, 6.45) is 7.78. The molecule has 3 aromatic rings. The van der Waals surface area contributed by atoms with E-state index in [1.54, 1.807) is 0 Å². The zero-order valence-electron chi connectivity index (χ0n) is 15.3. The number of H-pyrrole nitrogens is 1. The van der Waals surface area contributed by atoms with Gasteiger partial charge in [-0.05, 0) is 25.0 Å². The SMILES string of the molecule is c1cnc2cc(N3CCOCC3)nc(N3CCC(c4ncc[nH]4)CC3)c2c1. The van der Waals surface area contributed by atoms with Crippen molar-refractivity contribution in [3.63, 3.8) is 0 Å². The summed E-state index contributed by atoms with van der Waals surface area (Å²) in [4.78, 5) is 22.1. The van der Waals surface area contributed by atoms with Gasteiger partial charge in [0, 0.05) is 62.1 Å². The van der Waals surface area contributed by atoms with Crippen LogP contribution < -0.4 is 9.80 Å². The van der Waals surface area contributed by atoms with Gasteiger partial charge in [0.1, 0.15) is 17.5 Å². The van der Waals surface area contributed by atoms with Gasteiger partial charge >= 0.3 is 0 Å². The molecule has 0 atom stereocenters. The van der Waals surface area contributed by atoms with E-state index in [1.807, 2.05) is 24.7 Å². The second-order valence-electron chi connectivity index (χ2n) is 7.21. The van der Waals surface area contributed by atoms with Gasteiger partial charge in [0.05, 0.1) is 18.7 Å². The molecule has 0 radical (unpaired) electrons. The van der Waals surface area contributed by atoms with Gasteiger partial charge in [0.15, 0.2) is 0 Å². The molecule has 2 aliphatic heterocycles. The predicted octanol–water partition coefficient (Wildman–Crippen LogP) is 2.57. The molecule has 5 rings (SSSR count). The van der Waals surface area contributed by atoms with E-state index in [0.717, 1.165) is 80.6 Å². The Morgan fingerprint density at radius 2 is 1.85 bits per heavy atom. The molecule has 7 nitrogen and oxygen atoms in total. The van der Waals surface area contributed by atoms with Gasteiger partial charge < -0.3 is 19.5 Å². The van der Waals surface area contributed by atoms with Gasteiger partial charge in [-0.3, -0.25) is 4.98 Å². The first kappa shape index (κ1) is 16.5. The van der Waals surface area contributed by atoms with Gasteiger partial charge in [0.25, 0.3) is 0 Å². The third-order valence-electron chi connectivity index (χ3n) is 5.60. The molecular formula is C20H24N6O. The Labute approximate surface area is 158 Å². The number of rotatable bonds is 3. The topological polar surface area (TPSA) is 70.2 Å². The molecule has 0 saturated carbocycles. The molecule has 7 heteroatoms. The summed E-state index contributed by atoms with van der Waals surface area (Å²) in [7, 11) is 0. The number of morpholine rings is 1. The minimum atomic E-state index is 0.503. The summed E-state index contributed by atoms with van der Waals surface area (Å²) in [6.45, 7) is 5.23. The molecule has 3 aromatic heterocycles. The van der Waals surface area contributed by atoms with E-state index < -0.39 is 0 Å². The Bertz CT molecular complexity index is 898. The van der Waals surface area contributed by atoms with Crippen molar-refractivity contribution in [1.29, 1.82) is 0 Å². The molecule has 0 amide bonds. The first-order valence-corrected chi connectivity index (χ1v) is 9.71. The maximum atomic E-state index is 5.50. The summed E-state index contributed by atoms with van der Waals surface area (Å²) >= 11 is 0. The molecular weight excluding hydrogens is 340 g/mol. The lowest BCUT2D eigenvalue weighted by Crippen LogP contribution is -2.38. The van der Waals surface area contributed by atoms with Crippen LogP contribution in [0.25, 0.3) is 10.9 Å². The highest BCUT2D eigenvalue weighted by molar-refractivity contribution is 5.91. The minimum absolute atomic E-state index is 0.503. The summed E-state index contributed by atoms with van der Waals surface area (Å²) in [5.41, 5.74) is 1.01. The third-order valence-corrected chi connectivity index (χ3v) is 5.60. The molecule has 0 aromatic carbocycles. The molecule has 2 aliphatic rings. The second kappa shape index (κ2) is 7.15. The zero-order chi connectivity index (χ0) is 18.1. The highest BCUT2D eigenvalue weighted by Crippen LogP contribution is 2.33. The maximum Gasteiger partial charge on any atom is 0.140 e. The van der Waals surface area contributed by atoms with E-state index >= 15 is 0 Å². The predicted molar refractivity (Wildman–Crippen MR) is 105 cm³/mol. The van der Waals surface area contributed by atoms with Crippen molar-refractivity contribution in [2.24, 2.45) is 0 Å². The van der Waals surface area contributed by atoms with Gasteiger partial charge in [-0.25, -0.2) is 9.97 Å². The fourth-order valence-corrected chi connectivity index (χ4v) is 4.11. The molecule has 1 N–H and O–H groups in total. The molecule has 0 unspecified atom stereocenters. The number of imidazole rings is 1. The van der Waals surface area contributed by atoms with Crippen molar-refractivity contribution < 1.29 is 4.74 Å². The lowest BCUT2D eigenvalue weighted by molar-refractivity contribution is 0.122. The number of pyridine rings is 2. The molecule has 27 heavy (non-hydrogen) atoms. The number of ether oxygens (including phenoxy) is 1. The van der Waals surface area contributed by atoms with Crippen LogP contribution in [0.4, 0.5) is 11.6 Å². The average Bonchev–Trinajstić information content (AvgIpc) is 3.29. The van der Waals surface area contributed by atoms with Gasteiger partial charge in [-0.1, -0.05) is 0 Å². The van der Waals surface area contributed by atoms with Crippen molar-refractivity contribution in [3.05, 3.63) is 42.6 Å². The first-order chi connectivity index (χ1) is 13.4. The lowest BCUT2D eigenvalue weighted by Gasteiger charge is -2.34. The maximum absolute atomic E-state index is 5.50. The molecule has 2 saturated heterocycles. The van der Waals surface area contributed by atoms with Crippen LogP contribution >= 0.6 is 0 Å². The number of nitrogens with zero attached hydrogens (tertiary/aromatic N) is 5. The first-order valence-electron chi connectivity index (χ1n) is 9.71. The van der Waals surface area contributed by atoms with Gasteiger partial charge in [-0.2, -0.15) is 0 Å². The standard InChI is InChI=1S/C20H24N6O/c1-2-16-17(21-5-1)14-18(25-10-12-27-13-11-25)24-20(16)26-8-3-15(4-9-26)19-22-6-7-23-19/h1-2,5-7,14-15H,3-4,8-13H2,(H,22,23). The van der Waals surface area contributed by atoms with Crippen LogP contribution in [0.3, 0.4) is 0 Å².